The number of nitrogens with one attached hydrogen (secondary N) is 1. The predicted molar refractivity (Wildman–Crippen MR) is 95.9 cm³/mol. The maximum Gasteiger partial charge on any atom is 0.409 e. The van der Waals surface area contributed by atoms with E-state index in [1.165, 1.54) is 0 Å². The zero-order valence-electron chi connectivity index (χ0n) is 14.3. The van der Waals surface area contributed by atoms with Crippen LogP contribution in [0.3, 0.4) is 0 Å². The van der Waals surface area contributed by atoms with Crippen LogP contribution >= 0.6 is 0 Å². The van der Waals surface area contributed by atoms with Gasteiger partial charge in [0, 0.05) is 38.1 Å². The Morgan fingerprint density at radius 3 is 2.72 bits per heavy atom. The van der Waals surface area contributed by atoms with Crippen LogP contribution in [0, 0.1) is 0 Å². The number of carbonyl (C=O) groups excluding carboxylic acids is 1. The first kappa shape index (κ1) is 17.2. The van der Waals surface area contributed by atoms with E-state index in [-0.39, 0.29) is 12.7 Å². The van der Waals surface area contributed by atoms with Gasteiger partial charge in [0.05, 0.1) is 18.7 Å². The topological polar surface area (TPSA) is 90.8 Å². The van der Waals surface area contributed by atoms with Gasteiger partial charge >= 0.3 is 6.09 Å². The highest BCUT2D eigenvalue weighted by molar-refractivity contribution is 5.90. The molecule has 1 aliphatic heterocycles. The Hall–Kier alpha value is -2.61. The van der Waals surface area contributed by atoms with Gasteiger partial charge in [-0.25, -0.2) is 9.78 Å². The largest absolute Gasteiger partial charge is 0.450 e. The molecule has 0 aliphatic carbocycles. The maximum atomic E-state index is 11.8. The zero-order chi connectivity index (χ0) is 17.6. The van der Waals surface area contributed by atoms with E-state index in [4.69, 9.17) is 9.84 Å². The first-order valence-corrected chi connectivity index (χ1v) is 8.51. The molecule has 2 heterocycles. The smallest absolute Gasteiger partial charge is 0.409 e. The molecule has 1 fully saturated rings. The second-order valence-electron chi connectivity index (χ2n) is 5.71. The van der Waals surface area contributed by atoms with Gasteiger partial charge < -0.3 is 25.0 Å². The number of carbonyl (C=O) groups is 1. The molecule has 1 aliphatic rings. The Labute approximate surface area is 146 Å². The first-order valence-electron chi connectivity index (χ1n) is 8.51. The summed E-state index contributed by atoms with van der Waals surface area (Å²) in [5.74, 6) is 1.34. The lowest BCUT2D eigenvalue weighted by atomic mass is 10.2. The summed E-state index contributed by atoms with van der Waals surface area (Å²) in [5.41, 5.74) is 0.848. The molecule has 0 bridgehead atoms. The van der Waals surface area contributed by atoms with E-state index in [0.717, 1.165) is 10.9 Å². The summed E-state index contributed by atoms with van der Waals surface area (Å²) >= 11 is 0. The van der Waals surface area contributed by atoms with Crippen molar-refractivity contribution in [2.75, 3.05) is 56.2 Å². The number of ether oxygens (including phenoxy) is 1. The molecule has 2 aromatic rings. The van der Waals surface area contributed by atoms with E-state index in [2.05, 4.69) is 20.2 Å². The van der Waals surface area contributed by atoms with Gasteiger partial charge in [-0.1, -0.05) is 12.1 Å². The summed E-state index contributed by atoms with van der Waals surface area (Å²) in [6.45, 7) is 5.10. The minimum Gasteiger partial charge on any atom is -0.450 e. The lowest BCUT2D eigenvalue weighted by Gasteiger charge is -2.34. The number of benzene rings is 1. The number of hydrogen-bond donors (Lipinski definition) is 2. The van der Waals surface area contributed by atoms with Gasteiger partial charge in [0.1, 0.15) is 5.82 Å². The number of aliphatic hydroxyl groups is 1. The third-order valence-corrected chi connectivity index (χ3v) is 4.08. The Morgan fingerprint density at radius 1 is 1.24 bits per heavy atom. The zero-order valence-corrected chi connectivity index (χ0v) is 14.3. The highest BCUT2D eigenvalue weighted by atomic mass is 16.6. The van der Waals surface area contributed by atoms with Crippen LogP contribution in [-0.4, -0.2) is 72.0 Å². The van der Waals surface area contributed by atoms with Gasteiger partial charge in [-0.2, -0.15) is 4.98 Å². The number of anilines is 2. The van der Waals surface area contributed by atoms with Crippen LogP contribution in [0.1, 0.15) is 6.92 Å². The van der Waals surface area contributed by atoms with Crippen LogP contribution in [-0.2, 0) is 4.74 Å². The molecule has 0 unspecified atom stereocenters. The van der Waals surface area contributed by atoms with Crippen molar-refractivity contribution in [3.63, 3.8) is 0 Å². The Balaban J connectivity index is 1.78. The second kappa shape index (κ2) is 7.98. The van der Waals surface area contributed by atoms with Crippen molar-refractivity contribution in [3.8, 4) is 0 Å². The van der Waals surface area contributed by atoms with Crippen LogP contribution in [0.4, 0.5) is 16.6 Å². The summed E-state index contributed by atoms with van der Waals surface area (Å²) in [5, 5.41) is 13.1. The number of nitrogens with zero attached hydrogens (tertiary/aromatic N) is 4. The van der Waals surface area contributed by atoms with Gasteiger partial charge in [0.15, 0.2) is 0 Å². The van der Waals surface area contributed by atoms with Crippen molar-refractivity contribution in [2.24, 2.45) is 0 Å². The molecule has 8 heteroatoms. The van der Waals surface area contributed by atoms with Crippen molar-refractivity contribution >= 4 is 28.8 Å². The molecule has 1 aromatic heterocycles. The van der Waals surface area contributed by atoms with Crippen molar-refractivity contribution in [1.29, 1.82) is 0 Å². The maximum absolute atomic E-state index is 11.8. The molecule has 1 amide bonds. The summed E-state index contributed by atoms with van der Waals surface area (Å²) in [6, 6.07) is 7.78. The molecule has 2 N–H and O–H groups in total. The Kier molecular flexibility index (Phi) is 5.49. The normalized spacial score (nSPS) is 14.6. The van der Waals surface area contributed by atoms with E-state index >= 15 is 0 Å². The van der Waals surface area contributed by atoms with E-state index in [0.29, 0.717) is 51.1 Å². The fourth-order valence-corrected chi connectivity index (χ4v) is 2.82. The number of hydrogen-bond acceptors (Lipinski definition) is 7. The Bertz CT molecular complexity index is 731. The minimum absolute atomic E-state index is 0.0336. The third-order valence-electron chi connectivity index (χ3n) is 4.08. The molecule has 3 rings (SSSR count). The number of para-hydroxylation sites is 1. The van der Waals surface area contributed by atoms with Crippen LogP contribution in [0.2, 0.25) is 0 Å². The van der Waals surface area contributed by atoms with Crippen molar-refractivity contribution < 1.29 is 14.6 Å². The highest BCUT2D eigenvalue weighted by Gasteiger charge is 2.24. The van der Waals surface area contributed by atoms with E-state index < -0.39 is 0 Å². The summed E-state index contributed by atoms with van der Waals surface area (Å²) < 4.78 is 5.05. The average Bonchev–Trinajstić information content (AvgIpc) is 2.66. The standard InChI is InChI=1S/C17H23N5O3/c1-2-25-17(24)22-10-8-21(9-11-22)16-19-14-6-4-3-5-13(14)15(20-16)18-7-12-23/h3-6,23H,2,7-12H2,1H3,(H,18,19,20). The summed E-state index contributed by atoms with van der Waals surface area (Å²) in [6.07, 6.45) is -0.271. The molecular weight excluding hydrogens is 322 g/mol. The SMILES string of the molecule is CCOC(=O)N1CCN(c2nc(NCCO)c3ccccc3n2)CC1. The summed E-state index contributed by atoms with van der Waals surface area (Å²) in [7, 11) is 0. The van der Waals surface area contributed by atoms with Gasteiger partial charge in [-0.05, 0) is 19.1 Å². The molecule has 8 nitrogen and oxygen atoms in total. The molecule has 0 spiro atoms. The van der Waals surface area contributed by atoms with Gasteiger partial charge in [-0.3, -0.25) is 0 Å². The number of aliphatic hydroxyl groups excluding tert-OH is 1. The molecule has 0 radical (unpaired) electrons. The van der Waals surface area contributed by atoms with Gasteiger partial charge in [0.25, 0.3) is 0 Å². The molecule has 0 saturated carbocycles. The molecule has 1 saturated heterocycles. The molecule has 1 aromatic carbocycles. The molecule has 0 atom stereocenters. The number of amides is 1. The molecular formula is C17H23N5O3. The van der Waals surface area contributed by atoms with E-state index in [9.17, 15) is 4.79 Å². The van der Waals surface area contributed by atoms with Crippen molar-refractivity contribution in [3.05, 3.63) is 24.3 Å². The van der Waals surface area contributed by atoms with Crippen LogP contribution in [0.5, 0.6) is 0 Å². The van der Waals surface area contributed by atoms with E-state index in [1.54, 1.807) is 11.8 Å². The summed E-state index contributed by atoms with van der Waals surface area (Å²) in [4.78, 5) is 24.8. The monoisotopic (exact) mass is 345 g/mol. The fraction of sp³-hybridized carbons (Fsp3) is 0.471. The fourth-order valence-electron chi connectivity index (χ4n) is 2.82. The van der Waals surface area contributed by atoms with E-state index in [1.807, 2.05) is 24.3 Å². The van der Waals surface area contributed by atoms with Gasteiger partial charge in [0.2, 0.25) is 5.95 Å². The Morgan fingerprint density at radius 2 is 2.00 bits per heavy atom. The van der Waals surface area contributed by atoms with Crippen LogP contribution < -0.4 is 10.2 Å². The lowest BCUT2D eigenvalue weighted by molar-refractivity contribution is 0.105. The second-order valence-corrected chi connectivity index (χ2v) is 5.71. The van der Waals surface area contributed by atoms with Crippen LogP contribution in [0.15, 0.2) is 24.3 Å². The van der Waals surface area contributed by atoms with Crippen molar-refractivity contribution in [2.45, 2.75) is 6.92 Å². The quantitative estimate of drug-likeness (QED) is 0.844. The average molecular weight is 345 g/mol. The molecule has 134 valence electrons. The third kappa shape index (κ3) is 3.90. The predicted octanol–water partition coefficient (Wildman–Crippen LogP) is 1.31. The van der Waals surface area contributed by atoms with Crippen LogP contribution in [0.25, 0.3) is 10.9 Å². The minimum atomic E-state index is -0.271. The molecule has 25 heavy (non-hydrogen) atoms. The lowest BCUT2D eigenvalue weighted by Crippen LogP contribution is -2.49. The highest BCUT2D eigenvalue weighted by Crippen LogP contribution is 2.24. The first-order chi connectivity index (χ1) is 12.2. The number of rotatable bonds is 5. The number of fused-ring (bicyclic) bond motifs is 1. The number of piperazine rings is 1. The van der Waals surface area contributed by atoms with Crippen molar-refractivity contribution in [1.82, 2.24) is 14.9 Å². The number of aromatic nitrogens is 2. The van der Waals surface area contributed by atoms with Gasteiger partial charge in [-0.15, -0.1) is 0 Å².